The molecule has 1 N–H and O–H groups in total. The highest BCUT2D eigenvalue weighted by Gasteiger charge is 2.11. The van der Waals surface area contributed by atoms with Crippen LogP contribution >= 0.6 is 11.3 Å². The molecule has 1 heterocycles. The van der Waals surface area contributed by atoms with Gasteiger partial charge in [-0.05, 0) is 38.7 Å². The summed E-state index contributed by atoms with van der Waals surface area (Å²) in [7, 11) is 5.83. The number of hydrogen-bond donors (Lipinski definition) is 1. The first kappa shape index (κ1) is 14.8. The maximum Gasteiger partial charge on any atom is 0.141 e. The summed E-state index contributed by atoms with van der Waals surface area (Å²) in [5.74, 6) is 0.865. The molecule has 108 valence electrons. The third-order valence-electron chi connectivity index (χ3n) is 3.01. The molecular weight excluding hydrogens is 270 g/mol. The molecule has 2 rings (SSSR count). The number of methoxy groups -OCH3 is 1. The number of aromatic nitrogens is 1. The van der Waals surface area contributed by atoms with Crippen LogP contribution in [0.25, 0.3) is 0 Å². The van der Waals surface area contributed by atoms with E-state index >= 15 is 0 Å². The summed E-state index contributed by atoms with van der Waals surface area (Å²) in [6.45, 7) is 3.04. The summed E-state index contributed by atoms with van der Waals surface area (Å²) in [6, 6.07) is 6.48. The third kappa shape index (κ3) is 3.71. The van der Waals surface area contributed by atoms with Gasteiger partial charge in [0, 0.05) is 17.6 Å². The molecule has 4 nitrogen and oxygen atoms in total. The molecule has 0 amide bonds. The summed E-state index contributed by atoms with van der Waals surface area (Å²) in [6.07, 6.45) is 1.90. The highest BCUT2D eigenvalue weighted by molar-refractivity contribution is 7.09. The largest absolute Gasteiger partial charge is 0.495 e. The lowest BCUT2D eigenvalue weighted by Crippen LogP contribution is -2.12. The number of nitrogens with one attached hydrogen (secondary N) is 1. The second-order valence-corrected chi connectivity index (χ2v) is 5.96. The van der Waals surface area contributed by atoms with Crippen LogP contribution in [0.15, 0.2) is 29.9 Å². The van der Waals surface area contributed by atoms with E-state index in [4.69, 9.17) is 4.74 Å². The van der Waals surface area contributed by atoms with E-state index in [1.54, 1.807) is 18.4 Å². The maximum absolute atomic E-state index is 5.44. The maximum atomic E-state index is 5.44. The summed E-state index contributed by atoms with van der Waals surface area (Å²) in [5.41, 5.74) is 4.13. The van der Waals surface area contributed by atoms with Crippen molar-refractivity contribution < 1.29 is 4.74 Å². The molecule has 20 heavy (non-hydrogen) atoms. The second-order valence-electron chi connectivity index (χ2n) is 5.04. The smallest absolute Gasteiger partial charge is 0.141 e. The number of thiazole rings is 1. The molecule has 0 bridgehead atoms. The molecule has 1 aromatic carbocycles. The van der Waals surface area contributed by atoms with E-state index in [0.29, 0.717) is 0 Å². The lowest BCUT2D eigenvalue weighted by Gasteiger charge is -2.18. The lowest BCUT2D eigenvalue weighted by molar-refractivity contribution is 0.400. The Bertz CT molecular complexity index is 540. The van der Waals surface area contributed by atoms with Crippen molar-refractivity contribution in [1.82, 2.24) is 9.88 Å². The molecular formula is C15H21N3OS. The van der Waals surface area contributed by atoms with Crippen molar-refractivity contribution in [2.24, 2.45) is 0 Å². The normalized spacial score (nSPS) is 12.4. The number of ether oxygens (including phenoxy) is 1. The summed E-state index contributed by atoms with van der Waals surface area (Å²) < 4.78 is 5.44. The van der Waals surface area contributed by atoms with Crippen LogP contribution in [0.2, 0.25) is 0 Å². The van der Waals surface area contributed by atoms with Gasteiger partial charge in [-0.3, -0.25) is 4.98 Å². The molecule has 0 saturated heterocycles. The Balaban J connectivity index is 2.19. The first-order valence-corrected chi connectivity index (χ1v) is 7.44. The van der Waals surface area contributed by atoms with Gasteiger partial charge in [-0.15, -0.1) is 11.3 Å². The number of rotatable bonds is 6. The van der Waals surface area contributed by atoms with Gasteiger partial charge in [-0.1, -0.05) is 6.07 Å². The molecule has 0 aliphatic carbocycles. The van der Waals surface area contributed by atoms with Crippen molar-refractivity contribution in [3.05, 3.63) is 40.3 Å². The number of benzene rings is 1. The Morgan fingerprint density at radius 3 is 2.80 bits per heavy atom. The zero-order valence-electron chi connectivity index (χ0n) is 12.4. The standard InChI is InChI=1S/C15H21N3OS/c1-11(15-8-16-10-20-15)17-13-7-12(9-18(2)3)5-6-14(13)19-4/h5-8,10-11,17H,9H2,1-4H3. The van der Waals surface area contributed by atoms with E-state index in [1.807, 2.05) is 17.8 Å². The minimum Gasteiger partial charge on any atom is -0.495 e. The first-order chi connectivity index (χ1) is 9.60. The molecule has 0 fully saturated rings. The molecule has 0 saturated carbocycles. The first-order valence-electron chi connectivity index (χ1n) is 6.56. The average Bonchev–Trinajstić information content (AvgIpc) is 2.92. The highest BCUT2D eigenvalue weighted by Crippen LogP contribution is 2.30. The average molecular weight is 291 g/mol. The van der Waals surface area contributed by atoms with E-state index in [1.165, 1.54) is 10.4 Å². The third-order valence-corrected chi connectivity index (χ3v) is 3.97. The van der Waals surface area contributed by atoms with Crippen LogP contribution in [-0.2, 0) is 6.54 Å². The molecule has 1 aromatic heterocycles. The van der Waals surface area contributed by atoms with E-state index < -0.39 is 0 Å². The molecule has 1 unspecified atom stereocenters. The molecule has 0 radical (unpaired) electrons. The van der Waals surface area contributed by atoms with Crippen molar-refractivity contribution in [3.8, 4) is 5.75 Å². The zero-order chi connectivity index (χ0) is 14.5. The Morgan fingerprint density at radius 2 is 2.20 bits per heavy atom. The van der Waals surface area contributed by atoms with E-state index in [2.05, 4.69) is 48.4 Å². The number of nitrogens with zero attached hydrogens (tertiary/aromatic N) is 2. The van der Waals surface area contributed by atoms with Crippen LogP contribution in [0.5, 0.6) is 5.75 Å². The quantitative estimate of drug-likeness (QED) is 0.885. The molecule has 0 aliphatic heterocycles. The van der Waals surface area contributed by atoms with E-state index in [0.717, 1.165) is 18.0 Å². The molecule has 1 atom stereocenters. The van der Waals surface area contributed by atoms with Gasteiger partial charge in [0.25, 0.3) is 0 Å². The van der Waals surface area contributed by atoms with Gasteiger partial charge in [-0.2, -0.15) is 0 Å². The van der Waals surface area contributed by atoms with Gasteiger partial charge in [0.1, 0.15) is 5.75 Å². The fourth-order valence-electron chi connectivity index (χ4n) is 2.08. The SMILES string of the molecule is COc1ccc(CN(C)C)cc1NC(C)c1cncs1. The second kappa shape index (κ2) is 6.72. The highest BCUT2D eigenvalue weighted by atomic mass is 32.1. The van der Waals surface area contributed by atoms with Gasteiger partial charge < -0.3 is 15.0 Å². The monoisotopic (exact) mass is 291 g/mol. The summed E-state index contributed by atoms with van der Waals surface area (Å²) in [5, 5.41) is 3.50. The molecule has 2 aromatic rings. The Kier molecular flexibility index (Phi) is 4.98. The van der Waals surface area contributed by atoms with Crippen molar-refractivity contribution >= 4 is 17.0 Å². The number of anilines is 1. The Labute approximate surface area is 124 Å². The predicted molar refractivity (Wildman–Crippen MR) is 84.5 cm³/mol. The predicted octanol–water partition coefficient (Wildman–Crippen LogP) is 3.39. The van der Waals surface area contributed by atoms with E-state index in [-0.39, 0.29) is 6.04 Å². The minimum absolute atomic E-state index is 0.214. The van der Waals surface area contributed by atoms with Crippen LogP contribution < -0.4 is 10.1 Å². The molecule has 5 heteroatoms. The van der Waals surface area contributed by atoms with E-state index in [9.17, 15) is 0 Å². The van der Waals surface area contributed by atoms with Crippen LogP contribution in [0.3, 0.4) is 0 Å². The fourth-order valence-corrected chi connectivity index (χ4v) is 2.70. The van der Waals surface area contributed by atoms with Gasteiger partial charge >= 0.3 is 0 Å². The van der Waals surface area contributed by atoms with Crippen LogP contribution in [0.1, 0.15) is 23.4 Å². The van der Waals surface area contributed by atoms with Crippen LogP contribution in [0, 0.1) is 0 Å². The van der Waals surface area contributed by atoms with Crippen LogP contribution in [-0.4, -0.2) is 31.1 Å². The van der Waals surface area contributed by atoms with Gasteiger partial charge in [0.05, 0.1) is 24.3 Å². The van der Waals surface area contributed by atoms with Gasteiger partial charge in [0.15, 0.2) is 0 Å². The fraction of sp³-hybridized carbons (Fsp3) is 0.400. The van der Waals surface area contributed by atoms with Crippen molar-refractivity contribution in [3.63, 3.8) is 0 Å². The molecule has 0 aliphatic rings. The Morgan fingerprint density at radius 1 is 1.40 bits per heavy atom. The topological polar surface area (TPSA) is 37.4 Å². The lowest BCUT2D eigenvalue weighted by atomic mass is 10.1. The van der Waals surface area contributed by atoms with Gasteiger partial charge in [-0.25, -0.2) is 0 Å². The molecule has 0 spiro atoms. The van der Waals surface area contributed by atoms with Gasteiger partial charge in [0.2, 0.25) is 0 Å². The van der Waals surface area contributed by atoms with Crippen molar-refractivity contribution in [1.29, 1.82) is 0 Å². The summed E-state index contributed by atoms with van der Waals surface area (Å²) >= 11 is 1.66. The minimum atomic E-state index is 0.214. The van der Waals surface area contributed by atoms with Crippen molar-refractivity contribution in [2.75, 3.05) is 26.5 Å². The Hall–Kier alpha value is -1.59. The zero-order valence-corrected chi connectivity index (χ0v) is 13.2. The van der Waals surface area contributed by atoms with Crippen LogP contribution in [0.4, 0.5) is 5.69 Å². The van der Waals surface area contributed by atoms with Crippen molar-refractivity contribution in [2.45, 2.75) is 19.5 Å². The number of hydrogen-bond acceptors (Lipinski definition) is 5. The summed E-state index contributed by atoms with van der Waals surface area (Å²) in [4.78, 5) is 7.49.